The third-order valence-electron chi connectivity index (χ3n) is 4.45. The third kappa shape index (κ3) is 3.70. The number of rotatable bonds is 4. The van der Waals surface area contributed by atoms with Crippen molar-refractivity contribution in [2.75, 3.05) is 11.9 Å². The Morgan fingerprint density at radius 2 is 1.96 bits per heavy atom. The molecule has 1 atom stereocenters. The highest BCUT2D eigenvalue weighted by atomic mass is 32.1. The van der Waals surface area contributed by atoms with Crippen molar-refractivity contribution < 1.29 is 5.11 Å². The highest BCUT2D eigenvalue weighted by molar-refractivity contribution is 7.13. The van der Waals surface area contributed by atoms with E-state index in [1.165, 1.54) is 32.1 Å². The van der Waals surface area contributed by atoms with Gasteiger partial charge in [-0.15, -0.1) is 11.3 Å². The zero-order valence-electron chi connectivity index (χ0n) is 14.0. The smallest absolute Gasteiger partial charge is 0.191 e. The monoisotopic (exact) mass is 332 g/mol. The van der Waals surface area contributed by atoms with Gasteiger partial charge in [0.1, 0.15) is 5.82 Å². The predicted octanol–water partition coefficient (Wildman–Crippen LogP) is 3.73. The first-order chi connectivity index (χ1) is 11.0. The summed E-state index contributed by atoms with van der Waals surface area (Å²) >= 11 is 1.54. The van der Waals surface area contributed by atoms with Gasteiger partial charge in [-0.1, -0.05) is 19.3 Å². The molecule has 1 N–H and O–H groups in total. The molecule has 0 amide bonds. The normalized spacial score (nSPS) is 17.2. The predicted molar refractivity (Wildman–Crippen MR) is 93.8 cm³/mol. The fourth-order valence-electron chi connectivity index (χ4n) is 3.06. The summed E-state index contributed by atoms with van der Waals surface area (Å²) in [4.78, 5) is 16.0. The third-order valence-corrected chi connectivity index (χ3v) is 5.41. The van der Waals surface area contributed by atoms with Gasteiger partial charge in [-0.3, -0.25) is 0 Å². The average molecular weight is 332 g/mol. The Bertz CT molecular complexity index is 664. The minimum Gasteiger partial charge on any atom is -0.387 e. The van der Waals surface area contributed by atoms with E-state index >= 15 is 0 Å². The molecule has 0 radical (unpaired) electrons. The van der Waals surface area contributed by atoms with E-state index in [9.17, 15) is 5.11 Å². The fourth-order valence-corrected chi connectivity index (χ4v) is 3.78. The van der Waals surface area contributed by atoms with Gasteiger partial charge in [-0.2, -0.15) is 0 Å². The Balaban J connectivity index is 1.96. The highest BCUT2D eigenvalue weighted by Gasteiger charge is 2.21. The van der Waals surface area contributed by atoms with Gasteiger partial charge in [0, 0.05) is 30.2 Å². The second-order valence-corrected chi connectivity index (χ2v) is 7.21. The lowest BCUT2D eigenvalue weighted by molar-refractivity contribution is 0.194. The van der Waals surface area contributed by atoms with E-state index in [1.807, 2.05) is 18.4 Å². The van der Waals surface area contributed by atoms with Crippen molar-refractivity contribution >= 4 is 17.2 Å². The van der Waals surface area contributed by atoms with Crippen LogP contribution in [0.2, 0.25) is 0 Å². The highest BCUT2D eigenvalue weighted by Crippen LogP contribution is 2.29. The van der Waals surface area contributed by atoms with Crippen molar-refractivity contribution in [2.45, 2.75) is 58.1 Å². The Morgan fingerprint density at radius 3 is 2.57 bits per heavy atom. The molecule has 23 heavy (non-hydrogen) atoms. The second kappa shape index (κ2) is 6.93. The SMILES string of the molecule is Cc1csc(-c2nc(C(C)O)cc(N(C)C3CCCCC3)n2)n1. The van der Waals surface area contributed by atoms with Gasteiger partial charge < -0.3 is 10.0 Å². The summed E-state index contributed by atoms with van der Waals surface area (Å²) in [6.45, 7) is 3.71. The number of aromatic nitrogens is 3. The molecule has 0 aliphatic heterocycles. The maximum atomic E-state index is 9.99. The summed E-state index contributed by atoms with van der Waals surface area (Å²) in [6.07, 6.45) is 5.68. The van der Waals surface area contributed by atoms with Crippen LogP contribution in [0.25, 0.3) is 10.8 Å². The van der Waals surface area contributed by atoms with Crippen molar-refractivity contribution in [2.24, 2.45) is 0 Å². The topological polar surface area (TPSA) is 62.1 Å². The van der Waals surface area contributed by atoms with Gasteiger partial charge in [-0.25, -0.2) is 15.0 Å². The molecule has 5 nitrogen and oxygen atoms in total. The molecule has 1 saturated carbocycles. The van der Waals surface area contributed by atoms with E-state index in [0.29, 0.717) is 17.6 Å². The first-order valence-corrected chi connectivity index (χ1v) is 9.15. The molecule has 2 heterocycles. The maximum absolute atomic E-state index is 9.99. The molecule has 1 unspecified atom stereocenters. The Kier molecular flexibility index (Phi) is 4.92. The molecule has 2 aromatic rings. The average Bonchev–Trinajstić information content (AvgIpc) is 3.01. The van der Waals surface area contributed by atoms with E-state index in [2.05, 4.69) is 21.9 Å². The van der Waals surface area contributed by atoms with Crippen LogP contribution >= 0.6 is 11.3 Å². The van der Waals surface area contributed by atoms with Crippen LogP contribution in [0, 0.1) is 6.92 Å². The summed E-state index contributed by atoms with van der Waals surface area (Å²) in [6, 6.07) is 2.43. The fraction of sp³-hybridized carbons (Fsp3) is 0.588. The number of hydrogen-bond donors (Lipinski definition) is 1. The number of hydrogen-bond acceptors (Lipinski definition) is 6. The summed E-state index contributed by atoms with van der Waals surface area (Å²) in [5.41, 5.74) is 1.62. The largest absolute Gasteiger partial charge is 0.387 e. The van der Waals surface area contributed by atoms with Gasteiger partial charge in [0.25, 0.3) is 0 Å². The quantitative estimate of drug-likeness (QED) is 0.924. The molecule has 0 saturated heterocycles. The van der Waals surface area contributed by atoms with Gasteiger partial charge >= 0.3 is 0 Å². The van der Waals surface area contributed by atoms with E-state index < -0.39 is 6.10 Å². The van der Waals surface area contributed by atoms with Gasteiger partial charge in [-0.05, 0) is 26.7 Å². The van der Waals surface area contributed by atoms with Crippen LogP contribution in [0.1, 0.15) is 56.5 Å². The lowest BCUT2D eigenvalue weighted by Gasteiger charge is -2.32. The molecule has 1 fully saturated rings. The Morgan fingerprint density at radius 1 is 1.22 bits per heavy atom. The summed E-state index contributed by atoms with van der Waals surface area (Å²) in [5.74, 6) is 1.49. The van der Waals surface area contributed by atoms with Gasteiger partial charge in [0.05, 0.1) is 11.8 Å². The Labute approximate surface area is 141 Å². The molecule has 124 valence electrons. The molecule has 1 aliphatic carbocycles. The Hall–Kier alpha value is -1.53. The van der Waals surface area contributed by atoms with Crippen LogP contribution in [0.3, 0.4) is 0 Å². The van der Waals surface area contributed by atoms with E-state index in [1.54, 1.807) is 18.3 Å². The molecular formula is C17H24N4OS. The minimum absolute atomic E-state index is 0.520. The van der Waals surface area contributed by atoms with Gasteiger partial charge in [0.2, 0.25) is 0 Å². The zero-order chi connectivity index (χ0) is 16.4. The first-order valence-electron chi connectivity index (χ1n) is 8.27. The lowest BCUT2D eigenvalue weighted by atomic mass is 9.94. The molecule has 3 rings (SSSR count). The number of anilines is 1. The molecular weight excluding hydrogens is 308 g/mol. The number of nitrogens with zero attached hydrogens (tertiary/aromatic N) is 4. The van der Waals surface area contributed by atoms with Crippen LogP contribution in [0.4, 0.5) is 5.82 Å². The summed E-state index contributed by atoms with van der Waals surface area (Å²) in [5, 5.41) is 12.8. The van der Waals surface area contributed by atoms with Crippen LogP contribution in [-0.2, 0) is 0 Å². The number of thiazole rings is 1. The maximum Gasteiger partial charge on any atom is 0.191 e. The van der Waals surface area contributed by atoms with Crippen LogP contribution in [0.15, 0.2) is 11.4 Å². The number of aliphatic hydroxyl groups excluding tert-OH is 1. The van der Waals surface area contributed by atoms with Crippen molar-refractivity contribution in [3.05, 3.63) is 22.8 Å². The lowest BCUT2D eigenvalue weighted by Crippen LogP contribution is -2.34. The van der Waals surface area contributed by atoms with Crippen molar-refractivity contribution in [1.29, 1.82) is 0 Å². The molecule has 2 aromatic heterocycles. The van der Waals surface area contributed by atoms with Crippen LogP contribution in [0.5, 0.6) is 0 Å². The van der Waals surface area contributed by atoms with Crippen molar-refractivity contribution in [3.8, 4) is 10.8 Å². The molecule has 6 heteroatoms. The van der Waals surface area contributed by atoms with Crippen LogP contribution in [-0.4, -0.2) is 33.1 Å². The molecule has 0 bridgehead atoms. The zero-order valence-corrected chi connectivity index (χ0v) is 14.8. The minimum atomic E-state index is -0.615. The van der Waals surface area contributed by atoms with E-state index in [0.717, 1.165) is 16.5 Å². The van der Waals surface area contributed by atoms with E-state index in [4.69, 9.17) is 4.98 Å². The molecule has 0 spiro atoms. The molecule has 1 aliphatic rings. The summed E-state index contributed by atoms with van der Waals surface area (Å²) in [7, 11) is 2.10. The molecule has 0 aromatic carbocycles. The standard InChI is InChI=1S/C17H24N4OS/c1-11-10-23-17(18-11)16-19-14(12(2)22)9-15(20-16)21(3)13-7-5-4-6-8-13/h9-10,12-13,22H,4-8H2,1-3H3. The first kappa shape index (κ1) is 16.3. The van der Waals surface area contributed by atoms with Crippen LogP contribution < -0.4 is 4.90 Å². The number of aryl methyl sites for hydroxylation is 1. The van der Waals surface area contributed by atoms with Gasteiger partial charge in [0.15, 0.2) is 10.8 Å². The second-order valence-electron chi connectivity index (χ2n) is 6.35. The summed E-state index contributed by atoms with van der Waals surface area (Å²) < 4.78 is 0. The van der Waals surface area contributed by atoms with Crippen molar-refractivity contribution in [1.82, 2.24) is 15.0 Å². The number of aliphatic hydroxyl groups is 1. The van der Waals surface area contributed by atoms with E-state index in [-0.39, 0.29) is 0 Å². The van der Waals surface area contributed by atoms with Crippen molar-refractivity contribution in [3.63, 3.8) is 0 Å².